The molecule has 4 nitrogen and oxygen atoms in total. The Kier molecular flexibility index (Phi) is 4.88. The summed E-state index contributed by atoms with van der Waals surface area (Å²) in [7, 11) is 1.42. The van der Waals surface area contributed by atoms with Crippen LogP contribution >= 0.6 is 23.2 Å². The van der Waals surface area contributed by atoms with Gasteiger partial charge in [0.05, 0.1) is 30.4 Å². The molecule has 0 N–H and O–H groups in total. The first-order valence-electron chi connectivity index (χ1n) is 6.15. The molecule has 6 heteroatoms. The van der Waals surface area contributed by atoms with Crippen LogP contribution in [-0.4, -0.2) is 24.2 Å². The fraction of sp³-hybridized carbons (Fsp3) is 0.538. The zero-order chi connectivity index (χ0) is 13.8. The van der Waals surface area contributed by atoms with Crippen molar-refractivity contribution in [2.24, 2.45) is 5.92 Å². The van der Waals surface area contributed by atoms with Crippen molar-refractivity contribution in [3.8, 4) is 5.75 Å². The van der Waals surface area contributed by atoms with Crippen molar-refractivity contribution in [3.05, 3.63) is 22.4 Å². The molecule has 1 aromatic rings. The number of halogens is 2. The lowest BCUT2D eigenvalue weighted by atomic mass is 9.87. The molecule has 0 unspecified atom stereocenters. The van der Waals surface area contributed by atoms with E-state index in [1.807, 2.05) is 0 Å². The van der Waals surface area contributed by atoms with E-state index >= 15 is 0 Å². The van der Waals surface area contributed by atoms with Gasteiger partial charge >= 0.3 is 5.97 Å². The monoisotopic (exact) mass is 303 g/mol. The number of aromatic nitrogens is 1. The maximum Gasteiger partial charge on any atom is 0.308 e. The third kappa shape index (κ3) is 3.74. The number of nitrogens with zero attached hydrogens (tertiary/aromatic N) is 1. The van der Waals surface area contributed by atoms with Crippen molar-refractivity contribution in [2.75, 3.05) is 7.11 Å². The molecule has 0 aromatic carbocycles. The molecule has 0 atom stereocenters. The lowest BCUT2D eigenvalue weighted by molar-refractivity contribution is -0.147. The molecule has 0 spiro atoms. The van der Waals surface area contributed by atoms with Gasteiger partial charge in [0, 0.05) is 6.07 Å². The van der Waals surface area contributed by atoms with Gasteiger partial charge in [0.2, 0.25) is 0 Å². The fourth-order valence-corrected chi connectivity index (χ4v) is 2.50. The molecular formula is C13H15Cl2NO3. The molecule has 1 saturated carbocycles. The third-order valence-electron chi connectivity index (χ3n) is 3.28. The van der Waals surface area contributed by atoms with E-state index in [2.05, 4.69) is 4.98 Å². The van der Waals surface area contributed by atoms with Gasteiger partial charge in [-0.15, -0.1) is 0 Å². The normalized spacial score (nSPS) is 22.9. The molecule has 1 aliphatic carbocycles. The molecule has 1 aliphatic rings. The maximum atomic E-state index is 11.4. The van der Waals surface area contributed by atoms with Gasteiger partial charge in [0.25, 0.3) is 0 Å². The number of ether oxygens (including phenoxy) is 2. The predicted molar refractivity (Wildman–Crippen MR) is 72.6 cm³/mol. The molecule has 19 heavy (non-hydrogen) atoms. The Labute approximate surface area is 122 Å². The first-order valence-corrected chi connectivity index (χ1v) is 6.91. The minimum Gasteiger partial charge on any atom is -0.489 e. The molecule has 1 aromatic heterocycles. The van der Waals surface area contributed by atoms with Crippen LogP contribution in [0.2, 0.25) is 10.2 Å². The van der Waals surface area contributed by atoms with E-state index in [-0.39, 0.29) is 23.1 Å². The average Bonchev–Trinajstić information content (AvgIpc) is 2.43. The molecule has 0 aliphatic heterocycles. The summed E-state index contributed by atoms with van der Waals surface area (Å²) in [5.41, 5.74) is 0. The molecule has 0 bridgehead atoms. The smallest absolute Gasteiger partial charge is 0.308 e. The van der Waals surface area contributed by atoms with Gasteiger partial charge in [-0.2, -0.15) is 0 Å². The van der Waals surface area contributed by atoms with Crippen LogP contribution in [-0.2, 0) is 9.53 Å². The van der Waals surface area contributed by atoms with Crippen LogP contribution in [0.1, 0.15) is 25.7 Å². The minimum absolute atomic E-state index is 0.00298. The Morgan fingerprint density at radius 1 is 1.32 bits per heavy atom. The highest BCUT2D eigenvalue weighted by Gasteiger charge is 2.27. The molecule has 1 heterocycles. The summed E-state index contributed by atoms with van der Waals surface area (Å²) in [4.78, 5) is 15.3. The zero-order valence-electron chi connectivity index (χ0n) is 10.6. The number of pyridine rings is 1. The number of carbonyl (C=O) groups excluding carboxylic acids is 1. The van der Waals surface area contributed by atoms with E-state index in [1.165, 1.54) is 7.11 Å². The third-order valence-corrected chi connectivity index (χ3v) is 3.97. The quantitative estimate of drug-likeness (QED) is 0.633. The lowest BCUT2D eigenvalue weighted by Gasteiger charge is -2.27. The number of carbonyl (C=O) groups is 1. The van der Waals surface area contributed by atoms with Crippen molar-refractivity contribution in [3.63, 3.8) is 0 Å². The molecule has 0 radical (unpaired) electrons. The number of esters is 1. The van der Waals surface area contributed by atoms with Crippen molar-refractivity contribution in [1.29, 1.82) is 0 Å². The van der Waals surface area contributed by atoms with E-state index < -0.39 is 0 Å². The topological polar surface area (TPSA) is 48.4 Å². The SMILES string of the molecule is COC(=O)C1CCC(Oc2cnc(Cl)c(Cl)c2)CC1. The van der Waals surface area contributed by atoms with Crippen molar-refractivity contribution >= 4 is 29.2 Å². The fourth-order valence-electron chi connectivity index (χ4n) is 2.24. The van der Waals surface area contributed by atoms with Crippen LogP contribution in [0.4, 0.5) is 0 Å². The zero-order valence-corrected chi connectivity index (χ0v) is 12.1. The molecule has 1 fully saturated rings. The number of methoxy groups -OCH3 is 1. The van der Waals surface area contributed by atoms with Crippen LogP contribution in [0, 0.1) is 5.92 Å². The summed E-state index contributed by atoms with van der Waals surface area (Å²) in [5, 5.41) is 0.644. The summed E-state index contributed by atoms with van der Waals surface area (Å²) in [5.74, 6) is 0.474. The first-order chi connectivity index (χ1) is 9.10. The standard InChI is InChI=1S/C13H15Cl2NO3/c1-18-13(17)8-2-4-9(5-3-8)19-10-6-11(14)12(15)16-7-10/h6-9H,2-5H2,1H3. The summed E-state index contributed by atoms with van der Waals surface area (Å²) in [6.07, 6.45) is 4.85. The lowest BCUT2D eigenvalue weighted by Crippen LogP contribution is -2.28. The summed E-state index contributed by atoms with van der Waals surface area (Å²) < 4.78 is 10.5. The Morgan fingerprint density at radius 3 is 2.58 bits per heavy atom. The Balaban J connectivity index is 1.88. The van der Waals surface area contributed by atoms with Crippen molar-refractivity contribution in [2.45, 2.75) is 31.8 Å². The summed E-state index contributed by atoms with van der Waals surface area (Å²) in [6, 6.07) is 1.66. The average molecular weight is 304 g/mol. The summed E-state index contributed by atoms with van der Waals surface area (Å²) in [6.45, 7) is 0. The van der Waals surface area contributed by atoms with Crippen LogP contribution < -0.4 is 4.74 Å². The van der Waals surface area contributed by atoms with Gasteiger partial charge in [0.1, 0.15) is 10.9 Å². The molecule has 2 rings (SSSR count). The molecule has 0 amide bonds. The van der Waals surface area contributed by atoms with Gasteiger partial charge in [-0.25, -0.2) is 4.98 Å². The number of hydrogen-bond acceptors (Lipinski definition) is 4. The van der Waals surface area contributed by atoms with E-state index in [0.29, 0.717) is 10.8 Å². The Hall–Kier alpha value is -1.000. The van der Waals surface area contributed by atoms with Crippen molar-refractivity contribution < 1.29 is 14.3 Å². The summed E-state index contributed by atoms with van der Waals surface area (Å²) >= 11 is 11.6. The second-order valence-electron chi connectivity index (χ2n) is 4.56. The first kappa shape index (κ1) is 14.4. The highest BCUT2D eigenvalue weighted by atomic mass is 35.5. The van der Waals surface area contributed by atoms with Crippen LogP contribution in [0.15, 0.2) is 12.3 Å². The second kappa shape index (κ2) is 6.44. The van der Waals surface area contributed by atoms with Crippen molar-refractivity contribution in [1.82, 2.24) is 4.98 Å². The molecular weight excluding hydrogens is 289 g/mol. The van der Waals surface area contributed by atoms with Gasteiger partial charge < -0.3 is 9.47 Å². The van der Waals surface area contributed by atoms with Crippen LogP contribution in [0.3, 0.4) is 0 Å². The van der Waals surface area contributed by atoms with E-state index in [0.717, 1.165) is 25.7 Å². The highest BCUT2D eigenvalue weighted by molar-refractivity contribution is 6.41. The Morgan fingerprint density at radius 2 is 2.00 bits per heavy atom. The largest absolute Gasteiger partial charge is 0.489 e. The van der Waals surface area contributed by atoms with Gasteiger partial charge in [-0.3, -0.25) is 4.79 Å². The van der Waals surface area contributed by atoms with E-state index in [9.17, 15) is 4.79 Å². The number of hydrogen-bond donors (Lipinski definition) is 0. The van der Waals surface area contributed by atoms with Crippen LogP contribution in [0.25, 0.3) is 0 Å². The number of rotatable bonds is 3. The molecule has 104 valence electrons. The molecule has 0 saturated heterocycles. The van der Waals surface area contributed by atoms with Gasteiger partial charge in [0.15, 0.2) is 0 Å². The van der Waals surface area contributed by atoms with Gasteiger partial charge in [-0.05, 0) is 25.7 Å². The van der Waals surface area contributed by atoms with Gasteiger partial charge in [-0.1, -0.05) is 23.2 Å². The maximum absolute atomic E-state index is 11.4. The second-order valence-corrected chi connectivity index (χ2v) is 5.32. The van der Waals surface area contributed by atoms with Crippen LogP contribution in [0.5, 0.6) is 5.75 Å². The minimum atomic E-state index is -0.130. The van der Waals surface area contributed by atoms with E-state index in [4.69, 9.17) is 32.7 Å². The Bertz CT molecular complexity index is 459. The predicted octanol–water partition coefficient (Wildman–Crippen LogP) is 3.50. The van der Waals surface area contributed by atoms with E-state index in [1.54, 1.807) is 12.3 Å². The highest BCUT2D eigenvalue weighted by Crippen LogP contribution is 2.30.